The van der Waals surface area contributed by atoms with Crippen LogP contribution in [0.15, 0.2) is 16.6 Å². The Hall–Kier alpha value is -0.460. The van der Waals surface area contributed by atoms with Crippen LogP contribution in [0.25, 0.3) is 0 Å². The molecule has 0 aliphatic heterocycles. The van der Waals surface area contributed by atoms with Crippen LogP contribution in [0, 0.1) is 6.92 Å². The number of hydrogen-bond donors (Lipinski definition) is 1. The number of alkyl halides is 1. The van der Waals surface area contributed by atoms with Crippen molar-refractivity contribution in [3.05, 3.63) is 22.2 Å². The summed E-state index contributed by atoms with van der Waals surface area (Å²) in [5, 5.41) is 0. The maximum atomic E-state index is 12.0. The topological polar surface area (TPSA) is 55.4 Å². The predicted molar refractivity (Wildman–Crippen MR) is 82.8 cm³/mol. The van der Waals surface area contributed by atoms with Crippen LogP contribution < -0.4 is 9.46 Å². The van der Waals surface area contributed by atoms with Crippen molar-refractivity contribution in [1.29, 1.82) is 0 Å². The molecule has 7 heteroatoms. The lowest BCUT2D eigenvalue weighted by Gasteiger charge is -2.14. The second kappa shape index (κ2) is 7.36. The monoisotopic (exact) mass is 369 g/mol. The van der Waals surface area contributed by atoms with Crippen LogP contribution in [0.1, 0.15) is 18.4 Å². The van der Waals surface area contributed by atoms with Crippen LogP contribution in [0.5, 0.6) is 5.75 Å². The third kappa shape index (κ3) is 5.20. The van der Waals surface area contributed by atoms with Gasteiger partial charge in [0.2, 0.25) is 10.0 Å². The molecule has 0 fully saturated rings. The third-order valence-electron chi connectivity index (χ3n) is 2.54. The number of hydrogen-bond acceptors (Lipinski definition) is 3. The summed E-state index contributed by atoms with van der Waals surface area (Å²) in [4.78, 5) is 0. The molecule has 1 rings (SSSR count). The molecule has 0 aromatic heterocycles. The van der Waals surface area contributed by atoms with Crippen molar-refractivity contribution in [3.63, 3.8) is 0 Å². The lowest BCUT2D eigenvalue weighted by molar-refractivity contribution is 0.416. The average Bonchev–Trinajstić information content (AvgIpc) is 2.32. The Morgan fingerprint density at radius 3 is 2.63 bits per heavy atom. The van der Waals surface area contributed by atoms with E-state index in [9.17, 15) is 8.42 Å². The van der Waals surface area contributed by atoms with E-state index < -0.39 is 10.0 Å². The van der Waals surface area contributed by atoms with Crippen LogP contribution in [0.3, 0.4) is 0 Å². The molecule has 0 amide bonds. The maximum Gasteiger partial charge on any atom is 0.232 e. The quantitative estimate of drug-likeness (QED) is 0.590. The fourth-order valence-electron chi connectivity index (χ4n) is 1.60. The molecule has 0 saturated carbocycles. The summed E-state index contributed by atoms with van der Waals surface area (Å²) in [6.45, 7) is 1.82. The summed E-state index contributed by atoms with van der Waals surface area (Å²) in [7, 11) is -1.87. The van der Waals surface area contributed by atoms with Crippen molar-refractivity contribution in [2.24, 2.45) is 0 Å². The van der Waals surface area contributed by atoms with Crippen molar-refractivity contribution in [3.8, 4) is 5.75 Å². The van der Waals surface area contributed by atoms with Gasteiger partial charge in [0.15, 0.2) is 0 Å². The highest BCUT2D eigenvalue weighted by Crippen LogP contribution is 2.32. The number of unbranched alkanes of at least 4 members (excludes halogenated alkanes) is 1. The second-order valence-electron chi connectivity index (χ2n) is 4.12. The largest absolute Gasteiger partial charge is 0.495 e. The van der Waals surface area contributed by atoms with Gasteiger partial charge in [0.25, 0.3) is 0 Å². The van der Waals surface area contributed by atoms with E-state index in [2.05, 4.69) is 20.7 Å². The first-order chi connectivity index (χ1) is 8.89. The minimum Gasteiger partial charge on any atom is -0.495 e. The van der Waals surface area contributed by atoms with Gasteiger partial charge in [-0.2, -0.15) is 0 Å². The number of ether oxygens (including phenoxy) is 1. The number of rotatable bonds is 7. The van der Waals surface area contributed by atoms with E-state index in [0.717, 1.165) is 10.0 Å². The molecule has 0 unspecified atom stereocenters. The lowest BCUT2D eigenvalue weighted by atomic mass is 10.2. The smallest absolute Gasteiger partial charge is 0.232 e. The Morgan fingerprint density at radius 2 is 2.05 bits per heavy atom. The highest BCUT2D eigenvalue weighted by Gasteiger charge is 2.15. The molecule has 1 aromatic rings. The van der Waals surface area contributed by atoms with Gasteiger partial charge in [0.05, 0.1) is 18.6 Å². The number of anilines is 1. The summed E-state index contributed by atoms with van der Waals surface area (Å²) < 4.78 is 32.5. The van der Waals surface area contributed by atoms with Gasteiger partial charge in [0.1, 0.15) is 5.75 Å². The average molecular weight is 371 g/mol. The molecule has 0 bridgehead atoms. The maximum absolute atomic E-state index is 12.0. The summed E-state index contributed by atoms with van der Waals surface area (Å²) >= 11 is 8.89. The molecule has 108 valence electrons. The Morgan fingerprint density at radius 1 is 1.37 bits per heavy atom. The van der Waals surface area contributed by atoms with Crippen LogP contribution in [-0.2, 0) is 10.0 Å². The van der Waals surface area contributed by atoms with Gasteiger partial charge in [0, 0.05) is 10.4 Å². The highest BCUT2D eigenvalue weighted by molar-refractivity contribution is 9.10. The molecular weight excluding hydrogens is 354 g/mol. The summed E-state index contributed by atoms with van der Waals surface area (Å²) in [6, 6.07) is 3.56. The minimum atomic E-state index is -3.38. The normalized spacial score (nSPS) is 11.4. The first-order valence-electron chi connectivity index (χ1n) is 5.80. The fraction of sp³-hybridized carbons (Fsp3) is 0.500. The van der Waals surface area contributed by atoms with Crippen LogP contribution in [-0.4, -0.2) is 27.2 Å². The summed E-state index contributed by atoms with van der Waals surface area (Å²) in [6.07, 6.45) is 1.22. The fourth-order valence-corrected chi connectivity index (χ4v) is 3.60. The standard InChI is InChI=1S/C12H17BrClNO3S/c1-9-7-10(13)8-11(18-2)12(9)15-19(16,17)6-4-3-5-14/h7-8,15H,3-6H2,1-2H3. The molecule has 0 atom stereocenters. The van der Waals surface area contributed by atoms with Crippen LogP contribution in [0.4, 0.5) is 5.69 Å². The molecule has 0 aliphatic rings. The zero-order valence-electron chi connectivity index (χ0n) is 10.9. The number of nitrogens with one attached hydrogen (secondary N) is 1. The molecule has 0 radical (unpaired) electrons. The Balaban J connectivity index is 2.92. The van der Waals surface area contributed by atoms with E-state index in [1.54, 1.807) is 6.07 Å². The van der Waals surface area contributed by atoms with Gasteiger partial charge in [-0.3, -0.25) is 4.72 Å². The van der Waals surface area contributed by atoms with E-state index in [1.807, 2.05) is 13.0 Å². The van der Waals surface area contributed by atoms with Gasteiger partial charge < -0.3 is 4.74 Å². The number of benzene rings is 1. The Labute approximate surface area is 127 Å². The van der Waals surface area contributed by atoms with Gasteiger partial charge in [-0.15, -0.1) is 11.6 Å². The molecule has 0 heterocycles. The molecule has 1 aromatic carbocycles. The van der Waals surface area contributed by atoms with Crippen LogP contribution >= 0.6 is 27.5 Å². The number of halogens is 2. The lowest BCUT2D eigenvalue weighted by Crippen LogP contribution is -2.18. The molecule has 0 spiro atoms. The zero-order valence-corrected chi connectivity index (χ0v) is 14.0. The van der Waals surface area contributed by atoms with E-state index in [-0.39, 0.29) is 5.75 Å². The van der Waals surface area contributed by atoms with E-state index in [0.29, 0.717) is 30.2 Å². The summed E-state index contributed by atoms with van der Waals surface area (Å²) in [5.74, 6) is 1.02. The Bertz CT molecular complexity index is 534. The summed E-state index contributed by atoms with van der Waals surface area (Å²) in [5.41, 5.74) is 1.28. The number of methoxy groups -OCH3 is 1. The predicted octanol–water partition coefficient (Wildman–Crippen LogP) is 3.53. The zero-order chi connectivity index (χ0) is 14.5. The molecule has 1 N–H and O–H groups in total. The van der Waals surface area contributed by atoms with E-state index >= 15 is 0 Å². The third-order valence-corrected chi connectivity index (χ3v) is 4.60. The molecule has 4 nitrogen and oxygen atoms in total. The minimum absolute atomic E-state index is 0.0539. The number of aryl methyl sites for hydroxylation is 1. The van der Waals surface area contributed by atoms with Gasteiger partial charge in [-0.05, 0) is 37.5 Å². The van der Waals surface area contributed by atoms with Crippen molar-refractivity contribution in [1.82, 2.24) is 0 Å². The molecule has 0 aliphatic carbocycles. The Kier molecular flexibility index (Phi) is 6.42. The molecule has 19 heavy (non-hydrogen) atoms. The van der Waals surface area contributed by atoms with E-state index in [4.69, 9.17) is 16.3 Å². The highest BCUT2D eigenvalue weighted by atomic mass is 79.9. The molecule has 0 saturated heterocycles. The van der Waals surface area contributed by atoms with Gasteiger partial charge in [-0.1, -0.05) is 15.9 Å². The van der Waals surface area contributed by atoms with Crippen molar-refractivity contribution >= 4 is 43.2 Å². The van der Waals surface area contributed by atoms with Gasteiger partial charge in [-0.25, -0.2) is 8.42 Å². The first-order valence-corrected chi connectivity index (χ1v) is 8.78. The molecular formula is C12H17BrClNO3S. The SMILES string of the molecule is COc1cc(Br)cc(C)c1NS(=O)(=O)CCCCCl. The van der Waals surface area contributed by atoms with Crippen molar-refractivity contribution in [2.75, 3.05) is 23.5 Å². The van der Waals surface area contributed by atoms with Crippen molar-refractivity contribution in [2.45, 2.75) is 19.8 Å². The van der Waals surface area contributed by atoms with Crippen LogP contribution in [0.2, 0.25) is 0 Å². The number of sulfonamides is 1. The van der Waals surface area contributed by atoms with Crippen molar-refractivity contribution < 1.29 is 13.2 Å². The first kappa shape index (κ1) is 16.6. The second-order valence-corrected chi connectivity index (χ2v) is 7.25. The van der Waals surface area contributed by atoms with Gasteiger partial charge >= 0.3 is 0 Å². The van der Waals surface area contributed by atoms with E-state index in [1.165, 1.54) is 7.11 Å².